The van der Waals surface area contributed by atoms with E-state index in [1.54, 1.807) is 0 Å². The third-order valence-corrected chi connectivity index (χ3v) is 14.5. The molecule has 3 aromatic heterocycles. The van der Waals surface area contributed by atoms with Gasteiger partial charge in [0.05, 0.1) is 27.8 Å². The first kappa shape index (κ1) is 38.6. The number of para-hydroxylation sites is 2. The fourth-order valence-electron chi connectivity index (χ4n) is 11.3. The lowest BCUT2D eigenvalue weighted by atomic mass is 9.99. The lowest BCUT2D eigenvalue weighted by Gasteiger charge is -2.15. The average molecular weight is 890 g/mol. The molecule has 0 radical (unpaired) electrons. The fraction of sp³-hybridized carbons (Fsp3) is 0. The Hall–Kier alpha value is -9.45. The smallest absolute Gasteiger partial charge is 0.164 e. The van der Waals surface area contributed by atoms with Gasteiger partial charge in [0.1, 0.15) is 0 Å². The highest BCUT2D eigenvalue weighted by Gasteiger charge is 2.21. The molecule has 0 bridgehead atoms. The van der Waals surface area contributed by atoms with Crippen molar-refractivity contribution in [2.45, 2.75) is 0 Å². The highest BCUT2D eigenvalue weighted by Crippen LogP contribution is 2.42. The Morgan fingerprint density at radius 1 is 0.257 bits per heavy atom. The summed E-state index contributed by atoms with van der Waals surface area (Å²) < 4.78 is 4.90. The van der Waals surface area contributed by atoms with E-state index in [0.29, 0.717) is 17.5 Å². The molecule has 324 valence electrons. The first-order chi connectivity index (χ1) is 34.7. The summed E-state index contributed by atoms with van der Waals surface area (Å²) >= 11 is 0. The van der Waals surface area contributed by atoms with Gasteiger partial charge in [-0.1, -0.05) is 182 Å². The summed E-state index contributed by atoms with van der Waals surface area (Å²) in [5.74, 6) is 1.90. The molecule has 0 fully saturated rings. The van der Waals surface area contributed by atoms with Crippen molar-refractivity contribution in [1.82, 2.24) is 24.1 Å². The predicted molar refractivity (Wildman–Crippen MR) is 292 cm³/mol. The number of hydrogen-bond acceptors (Lipinski definition) is 3. The van der Waals surface area contributed by atoms with E-state index in [9.17, 15) is 0 Å². The molecule has 5 heteroatoms. The van der Waals surface area contributed by atoms with Crippen LogP contribution in [0.2, 0.25) is 0 Å². The Labute approximate surface area is 401 Å². The third kappa shape index (κ3) is 5.82. The Kier molecular flexibility index (Phi) is 8.29. The van der Waals surface area contributed by atoms with E-state index in [4.69, 9.17) is 15.0 Å². The van der Waals surface area contributed by atoms with Crippen molar-refractivity contribution in [2.75, 3.05) is 0 Å². The first-order valence-electron chi connectivity index (χ1n) is 23.8. The topological polar surface area (TPSA) is 48.5 Å². The second-order valence-corrected chi connectivity index (χ2v) is 18.4. The zero-order valence-electron chi connectivity index (χ0n) is 37.8. The van der Waals surface area contributed by atoms with Crippen LogP contribution < -0.4 is 0 Å². The largest absolute Gasteiger partial charge is 0.309 e. The monoisotopic (exact) mass is 889 g/mol. The minimum absolute atomic E-state index is 0.630. The molecule has 15 aromatic rings. The van der Waals surface area contributed by atoms with Crippen molar-refractivity contribution < 1.29 is 0 Å². The van der Waals surface area contributed by atoms with Gasteiger partial charge in [0.25, 0.3) is 0 Å². The molecule has 0 aliphatic carbocycles. The van der Waals surface area contributed by atoms with Gasteiger partial charge in [-0.2, -0.15) is 0 Å². The zero-order valence-corrected chi connectivity index (χ0v) is 37.8. The molecule has 0 saturated carbocycles. The molecule has 12 aromatic carbocycles. The minimum Gasteiger partial charge on any atom is -0.309 e. The van der Waals surface area contributed by atoms with Crippen LogP contribution in [-0.2, 0) is 0 Å². The van der Waals surface area contributed by atoms with Crippen molar-refractivity contribution in [1.29, 1.82) is 0 Å². The van der Waals surface area contributed by atoms with Gasteiger partial charge in [0.15, 0.2) is 17.5 Å². The molecule has 0 spiro atoms. The van der Waals surface area contributed by atoms with Crippen LogP contribution in [0.15, 0.2) is 237 Å². The summed E-state index contributed by atoms with van der Waals surface area (Å²) in [6.45, 7) is 0. The molecule has 3 heterocycles. The van der Waals surface area contributed by atoms with Crippen LogP contribution in [0.5, 0.6) is 0 Å². The van der Waals surface area contributed by atoms with E-state index in [-0.39, 0.29) is 0 Å². The minimum atomic E-state index is 0.630. The standard InChI is InChI=1S/C65H39N5/c1-2-16-43(17-3-1)63-66-64(45-29-28-42-27-26-40-14-4-6-18-48(40)56(42)37-45)68-65(67-63)55-34-35-60(51-21-9-8-20-50(51)55)70-59-25-13-11-23-53(59)57-38-46-36-47(32-30-44(46)39-61(57)70)69-58-24-12-10-22-52(58)54-33-31-41-15-5-7-19-49(41)62(54)69/h1-39H. The van der Waals surface area contributed by atoms with Gasteiger partial charge < -0.3 is 9.13 Å². The first-order valence-corrected chi connectivity index (χ1v) is 23.8. The van der Waals surface area contributed by atoms with E-state index in [2.05, 4.69) is 228 Å². The van der Waals surface area contributed by atoms with Crippen LogP contribution >= 0.6 is 0 Å². The molecular formula is C65H39N5. The van der Waals surface area contributed by atoms with E-state index in [0.717, 1.165) is 49.9 Å². The maximum atomic E-state index is 5.31. The second kappa shape index (κ2) is 15.0. The number of benzene rings is 12. The zero-order chi connectivity index (χ0) is 45.9. The van der Waals surface area contributed by atoms with Crippen molar-refractivity contribution in [2.24, 2.45) is 0 Å². The van der Waals surface area contributed by atoms with Crippen LogP contribution in [-0.4, -0.2) is 24.1 Å². The van der Waals surface area contributed by atoms with Gasteiger partial charge in [-0.15, -0.1) is 0 Å². The molecule has 0 saturated heterocycles. The number of rotatable bonds is 5. The SMILES string of the molecule is c1ccc(-c2nc(-c3ccc4ccc5ccccc5c4c3)nc(-c3ccc(-n4c5ccccc5c5cc6cc(-n7c8ccccc8c8ccc9ccccc9c87)ccc6cc54)c4ccccc34)n2)cc1. The van der Waals surface area contributed by atoms with Crippen LogP contribution in [0.3, 0.4) is 0 Å². The van der Waals surface area contributed by atoms with Gasteiger partial charge in [-0.05, 0) is 97.7 Å². The van der Waals surface area contributed by atoms with Crippen LogP contribution in [0, 0.1) is 0 Å². The Morgan fingerprint density at radius 2 is 0.829 bits per heavy atom. The number of aromatic nitrogens is 5. The molecule has 0 unspecified atom stereocenters. The molecule has 0 amide bonds. The predicted octanol–water partition coefficient (Wildman–Crippen LogP) is 16.8. The van der Waals surface area contributed by atoms with Gasteiger partial charge in [-0.25, -0.2) is 15.0 Å². The Morgan fingerprint density at radius 3 is 1.63 bits per heavy atom. The van der Waals surface area contributed by atoms with Crippen molar-refractivity contribution in [3.8, 4) is 45.5 Å². The second-order valence-electron chi connectivity index (χ2n) is 18.4. The molecule has 0 N–H and O–H groups in total. The molecule has 5 nitrogen and oxygen atoms in total. The molecule has 15 rings (SSSR count). The molecule has 0 aliphatic rings. The van der Waals surface area contributed by atoms with Gasteiger partial charge in [0.2, 0.25) is 0 Å². The Balaban J connectivity index is 0.915. The molecule has 70 heavy (non-hydrogen) atoms. The van der Waals surface area contributed by atoms with E-state index in [1.165, 1.54) is 75.7 Å². The van der Waals surface area contributed by atoms with Crippen molar-refractivity contribution >= 4 is 97.5 Å². The summed E-state index contributed by atoms with van der Waals surface area (Å²) in [4.78, 5) is 15.7. The van der Waals surface area contributed by atoms with Gasteiger partial charge >= 0.3 is 0 Å². The van der Waals surface area contributed by atoms with Gasteiger partial charge in [0, 0.05) is 54.7 Å². The summed E-state index contributed by atoms with van der Waals surface area (Å²) in [6.07, 6.45) is 0. The third-order valence-electron chi connectivity index (χ3n) is 14.5. The highest BCUT2D eigenvalue weighted by atomic mass is 15.0. The van der Waals surface area contributed by atoms with E-state index in [1.807, 2.05) is 18.2 Å². The highest BCUT2D eigenvalue weighted by molar-refractivity contribution is 6.19. The average Bonchev–Trinajstić information content (AvgIpc) is 3.94. The lowest BCUT2D eigenvalue weighted by Crippen LogP contribution is -2.02. The lowest BCUT2D eigenvalue weighted by molar-refractivity contribution is 1.08. The maximum Gasteiger partial charge on any atom is 0.164 e. The number of nitrogens with zero attached hydrogens (tertiary/aromatic N) is 5. The molecule has 0 aliphatic heterocycles. The fourth-order valence-corrected chi connectivity index (χ4v) is 11.3. The summed E-state index contributed by atoms with van der Waals surface area (Å²) in [5, 5.41) is 16.7. The summed E-state index contributed by atoms with van der Waals surface area (Å²) in [5.41, 5.74) is 9.81. The van der Waals surface area contributed by atoms with E-state index < -0.39 is 0 Å². The maximum absolute atomic E-state index is 5.31. The number of fused-ring (bicyclic) bond motifs is 13. The van der Waals surface area contributed by atoms with Gasteiger partial charge in [-0.3, -0.25) is 0 Å². The van der Waals surface area contributed by atoms with Crippen molar-refractivity contribution in [3.63, 3.8) is 0 Å². The van der Waals surface area contributed by atoms with Crippen LogP contribution in [0.4, 0.5) is 0 Å². The summed E-state index contributed by atoms with van der Waals surface area (Å²) in [6, 6.07) is 85.3. The Bertz CT molecular complexity index is 4660. The molecular weight excluding hydrogens is 851 g/mol. The summed E-state index contributed by atoms with van der Waals surface area (Å²) in [7, 11) is 0. The normalized spacial score (nSPS) is 12.0. The molecule has 0 atom stereocenters. The van der Waals surface area contributed by atoms with Crippen LogP contribution in [0.1, 0.15) is 0 Å². The van der Waals surface area contributed by atoms with Crippen molar-refractivity contribution in [3.05, 3.63) is 237 Å². The van der Waals surface area contributed by atoms with E-state index >= 15 is 0 Å². The number of hydrogen-bond donors (Lipinski definition) is 0. The quantitative estimate of drug-likeness (QED) is 0.162. The van der Waals surface area contributed by atoms with Crippen LogP contribution in [0.25, 0.3) is 143 Å².